The molecule has 2 nitrogen and oxygen atoms in total. The Morgan fingerprint density at radius 3 is 2.60 bits per heavy atom. The van der Waals surface area contributed by atoms with Gasteiger partial charge < -0.3 is 4.90 Å². The van der Waals surface area contributed by atoms with E-state index in [-0.39, 0.29) is 5.91 Å². The normalized spacial score (nSPS) is 14.9. The van der Waals surface area contributed by atoms with Crippen LogP contribution in [-0.4, -0.2) is 23.9 Å². The number of hydrogen-bond acceptors (Lipinski definition) is 1. The first-order valence-electron chi connectivity index (χ1n) is 5.60. The van der Waals surface area contributed by atoms with E-state index in [9.17, 15) is 4.79 Å². The van der Waals surface area contributed by atoms with E-state index >= 15 is 0 Å². The zero-order valence-electron chi connectivity index (χ0n) is 9.42. The highest BCUT2D eigenvalue weighted by Gasteiger charge is 2.21. The molecule has 2 heteroatoms. The average Bonchev–Trinajstić information content (AvgIpc) is 2.14. The molecule has 1 aromatic rings. The Balaban J connectivity index is 2.26. The molecule has 1 amide bonds. The molecule has 1 saturated heterocycles. The van der Waals surface area contributed by atoms with Gasteiger partial charge in [0, 0.05) is 18.7 Å². The number of amides is 1. The highest BCUT2D eigenvalue weighted by atomic mass is 16.2. The third kappa shape index (κ3) is 2.04. The summed E-state index contributed by atoms with van der Waals surface area (Å²) < 4.78 is 0. The molecule has 1 aliphatic heterocycles. The van der Waals surface area contributed by atoms with Crippen molar-refractivity contribution in [2.75, 3.05) is 13.1 Å². The van der Waals surface area contributed by atoms with Crippen LogP contribution in [0, 0.1) is 6.92 Å². The summed E-state index contributed by atoms with van der Waals surface area (Å²) in [4.78, 5) is 13.9. The largest absolute Gasteiger partial charge is 0.339 e. The van der Waals surface area contributed by atoms with E-state index in [1.807, 2.05) is 24.0 Å². The van der Waals surface area contributed by atoms with Crippen LogP contribution >= 0.6 is 0 Å². The number of hydrogen-bond donors (Lipinski definition) is 0. The van der Waals surface area contributed by atoms with Crippen molar-refractivity contribution in [2.45, 2.75) is 26.7 Å². The number of nitrogens with zero attached hydrogens (tertiary/aromatic N) is 1. The van der Waals surface area contributed by atoms with Crippen molar-refractivity contribution in [3.63, 3.8) is 0 Å². The van der Waals surface area contributed by atoms with Crippen LogP contribution in [0.2, 0.25) is 0 Å². The number of aryl methyl sites for hydroxylation is 2. The Hall–Kier alpha value is -1.31. The summed E-state index contributed by atoms with van der Waals surface area (Å²) in [5.41, 5.74) is 3.28. The molecule has 0 spiro atoms. The van der Waals surface area contributed by atoms with E-state index in [1.165, 1.54) is 11.1 Å². The Morgan fingerprint density at radius 1 is 1.33 bits per heavy atom. The van der Waals surface area contributed by atoms with Gasteiger partial charge in [0.25, 0.3) is 5.91 Å². The van der Waals surface area contributed by atoms with Crippen molar-refractivity contribution < 1.29 is 4.79 Å². The maximum Gasteiger partial charge on any atom is 0.253 e. The summed E-state index contributed by atoms with van der Waals surface area (Å²) in [7, 11) is 0. The fourth-order valence-corrected chi connectivity index (χ4v) is 1.89. The third-order valence-electron chi connectivity index (χ3n) is 2.94. The number of likely N-dealkylation sites (tertiary alicyclic amines) is 1. The molecule has 0 bridgehead atoms. The quantitative estimate of drug-likeness (QED) is 0.722. The molecule has 0 atom stereocenters. The molecule has 0 N–H and O–H groups in total. The summed E-state index contributed by atoms with van der Waals surface area (Å²) >= 11 is 0. The van der Waals surface area contributed by atoms with Crippen LogP contribution in [-0.2, 0) is 6.42 Å². The molecule has 80 valence electrons. The lowest BCUT2D eigenvalue weighted by atomic mass is 10.0. The molecule has 1 aromatic carbocycles. The minimum absolute atomic E-state index is 0.194. The fourth-order valence-electron chi connectivity index (χ4n) is 1.89. The summed E-state index contributed by atoms with van der Waals surface area (Å²) in [5, 5.41) is 0. The highest BCUT2D eigenvalue weighted by Crippen LogP contribution is 2.16. The molecule has 0 radical (unpaired) electrons. The van der Waals surface area contributed by atoms with E-state index < -0.39 is 0 Å². The second-order valence-corrected chi connectivity index (χ2v) is 4.21. The van der Waals surface area contributed by atoms with Gasteiger partial charge >= 0.3 is 0 Å². The third-order valence-corrected chi connectivity index (χ3v) is 2.94. The summed E-state index contributed by atoms with van der Waals surface area (Å²) in [5.74, 6) is 0.194. The first-order chi connectivity index (χ1) is 7.20. The van der Waals surface area contributed by atoms with Gasteiger partial charge in [-0.25, -0.2) is 0 Å². The van der Waals surface area contributed by atoms with Crippen LogP contribution in [0.1, 0.15) is 34.8 Å². The second kappa shape index (κ2) is 4.05. The SMILES string of the molecule is CCc1cc(C)cc(C(=O)N2CCC2)c1. The maximum absolute atomic E-state index is 12.0. The standard InChI is InChI=1S/C13H17NO/c1-3-11-7-10(2)8-12(9-11)13(15)14-5-4-6-14/h7-9H,3-6H2,1-2H3. The van der Waals surface area contributed by atoms with Gasteiger partial charge in [-0.2, -0.15) is 0 Å². The zero-order valence-corrected chi connectivity index (χ0v) is 9.42. The maximum atomic E-state index is 12.0. The number of rotatable bonds is 2. The monoisotopic (exact) mass is 203 g/mol. The summed E-state index contributed by atoms with van der Waals surface area (Å²) in [6, 6.07) is 6.15. The molecule has 0 saturated carbocycles. The van der Waals surface area contributed by atoms with E-state index in [0.29, 0.717) is 0 Å². The summed E-state index contributed by atoms with van der Waals surface area (Å²) in [6.07, 6.45) is 2.14. The average molecular weight is 203 g/mol. The van der Waals surface area contributed by atoms with Crippen LogP contribution in [0.25, 0.3) is 0 Å². The second-order valence-electron chi connectivity index (χ2n) is 4.21. The van der Waals surface area contributed by atoms with Crippen LogP contribution in [0.15, 0.2) is 18.2 Å². The van der Waals surface area contributed by atoms with E-state index in [2.05, 4.69) is 13.0 Å². The van der Waals surface area contributed by atoms with Crippen LogP contribution in [0.4, 0.5) is 0 Å². The van der Waals surface area contributed by atoms with E-state index in [0.717, 1.165) is 31.5 Å². The number of carbonyl (C=O) groups excluding carboxylic acids is 1. The van der Waals surface area contributed by atoms with Crippen molar-refractivity contribution in [1.29, 1.82) is 0 Å². The van der Waals surface area contributed by atoms with Gasteiger partial charge in [-0.3, -0.25) is 4.79 Å². The van der Waals surface area contributed by atoms with Gasteiger partial charge in [0.15, 0.2) is 0 Å². The van der Waals surface area contributed by atoms with Gasteiger partial charge in [0.05, 0.1) is 0 Å². The molecule has 2 rings (SSSR count). The Morgan fingerprint density at radius 2 is 2.07 bits per heavy atom. The van der Waals surface area contributed by atoms with Crippen LogP contribution in [0.3, 0.4) is 0 Å². The molecule has 15 heavy (non-hydrogen) atoms. The molecule has 1 heterocycles. The van der Waals surface area contributed by atoms with Crippen LogP contribution in [0.5, 0.6) is 0 Å². The first-order valence-corrected chi connectivity index (χ1v) is 5.60. The van der Waals surface area contributed by atoms with Crippen LogP contribution < -0.4 is 0 Å². The minimum Gasteiger partial charge on any atom is -0.339 e. The molecular formula is C13H17NO. The smallest absolute Gasteiger partial charge is 0.253 e. The Bertz CT molecular complexity index is 380. The van der Waals surface area contributed by atoms with Gasteiger partial charge in [-0.1, -0.05) is 18.6 Å². The molecule has 0 aliphatic carbocycles. The fraction of sp³-hybridized carbons (Fsp3) is 0.462. The number of carbonyl (C=O) groups is 1. The van der Waals surface area contributed by atoms with Crippen molar-refractivity contribution in [2.24, 2.45) is 0 Å². The predicted octanol–water partition coefficient (Wildman–Crippen LogP) is 2.40. The van der Waals surface area contributed by atoms with E-state index in [4.69, 9.17) is 0 Å². The lowest BCUT2D eigenvalue weighted by molar-refractivity contribution is 0.0651. The lowest BCUT2D eigenvalue weighted by Crippen LogP contribution is -2.42. The van der Waals surface area contributed by atoms with Gasteiger partial charge in [0.1, 0.15) is 0 Å². The van der Waals surface area contributed by atoms with Crippen molar-refractivity contribution in [1.82, 2.24) is 4.90 Å². The lowest BCUT2D eigenvalue weighted by Gasteiger charge is -2.31. The van der Waals surface area contributed by atoms with E-state index in [1.54, 1.807) is 0 Å². The summed E-state index contributed by atoms with van der Waals surface area (Å²) in [6.45, 7) is 6.02. The topological polar surface area (TPSA) is 20.3 Å². The van der Waals surface area contributed by atoms with Gasteiger partial charge in [-0.15, -0.1) is 0 Å². The first kappa shape index (κ1) is 10.2. The molecule has 0 aromatic heterocycles. The minimum atomic E-state index is 0.194. The van der Waals surface area contributed by atoms with Crippen molar-refractivity contribution in [3.05, 3.63) is 34.9 Å². The van der Waals surface area contributed by atoms with Gasteiger partial charge in [-0.05, 0) is 37.5 Å². The predicted molar refractivity (Wildman–Crippen MR) is 61.1 cm³/mol. The molecule has 0 unspecified atom stereocenters. The molecular weight excluding hydrogens is 186 g/mol. The Kier molecular flexibility index (Phi) is 2.76. The highest BCUT2D eigenvalue weighted by molar-refractivity contribution is 5.95. The van der Waals surface area contributed by atoms with Gasteiger partial charge in [0.2, 0.25) is 0 Å². The Labute approximate surface area is 90.9 Å². The number of benzene rings is 1. The molecule has 1 aliphatic rings. The van der Waals surface area contributed by atoms with Crippen molar-refractivity contribution in [3.8, 4) is 0 Å². The molecule has 1 fully saturated rings. The zero-order chi connectivity index (χ0) is 10.8. The van der Waals surface area contributed by atoms with Crippen molar-refractivity contribution >= 4 is 5.91 Å².